The van der Waals surface area contributed by atoms with Gasteiger partial charge in [-0.15, -0.1) is 0 Å². The second-order valence-electron chi connectivity index (χ2n) is 6.10. The van der Waals surface area contributed by atoms with E-state index in [1.54, 1.807) is 6.92 Å². The largest absolute Gasteiger partial charge is 0.490 e. The molecule has 0 spiro atoms. The molecule has 2 heterocycles. The van der Waals surface area contributed by atoms with Crippen LogP contribution in [0.5, 0.6) is 17.4 Å². The average Bonchev–Trinajstić information content (AvgIpc) is 2.72. The van der Waals surface area contributed by atoms with Gasteiger partial charge < -0.3 is 9.47 Å². The van der Waals surface area contributed by atoms with Gasteiger partial charge in [-0.05, 0) is 42.3 Å². The third kappa shape index (κ3) is 4.08. The van der Waals surface area contributed by atoms with E-state index in [1.165, 1.54) is 38.4 Å². The molecule has 0 atom stereocenters. The van der Waals surface area contributed by atoms with E-state index in [9.17, 15) is 18.8 Å². The van der Waals surface area contributed by atoms with Crippen LogP contribution in [-0.2, 0) is 9.59 Å². The first-order valence-electron chi connectivity index (χ1n) is 8.67. The minimum atomic E-state index is -0.817. The minimum Gasteiger partial charge on any atom is -0.490 e. The van der Waals surface area contributed by atoms with E-state index in [0.717, 1.165) is 16.0 Å². The van der Waals surface area contributed by atoms with Crippen molar-refractivity contribution in [2.45, 2.75) is 6.92 Å². The van der Waals surface area contributed by atoms with E-state index in [1.807, 2.05) is 0 Å². The van der Waals surface area contributed by atoms with Gasteiger partial charge in [0.05, 0.1) is 12.8 Å². The predicted octanol–water partition coefficient (Wildman–Crippen LogP) is 2.89. The summed E-state index contributed by atoms with van der Waals surface area (Å²) < 4.78 is 24.9. The highest BCUT2D eigenvalue weighted by molar-refractivity contribution is 6.30. The maximum Gasteiger partial charge on any atom is 0.333 e. The molecule has 1 aliphatic heterocycles. The number of amides is 4. The van der Waals surface area contributed by atoms with Crippen molar-refractivity contribution in [2.24, 2.45) is 0 Å². The van der Waals surface area contributed by atoms with Crippen LogP contribution >= 0.6 is 11.6 Å². The van der Waals surface area contributed by atoms with Gasteiger partial charge in [0.1, 0.15) is 5.57 Å². The fourth-order valence-corrected chi connectivity index (χ4v) is 2.74. The Morgan fingerprint density at radius 3 is 2.43 bits per heavy atom. The van der Waals surface area contributed by atoms with Crippen LogP contribution < -0.4 is 9.47 Å². The SMILES string of the molecule is CCOc1cc(C=C2C(=O)N(C)C(=O)N(C)C2=O)ccc1Oc1nc(Cl)ncc1F. The number of hydrogen-bond acceptors (Lipinski definition) is 7. The molecule has 156 valence electrons. The molecule has 0 unspecified atom stereocenters. The van der Waals surface area contributed by atoms with E-state index in [-0.39, 0.29) is 34.8 Å². The van der Waals surface area contributed by atoms with Crippen molar-refractivity contribution in [1.29, 1.82) is 0 Å². The Morgan fingerprint density at radius 2 is 1.80 bits per heavy atom. The lowest BCUT2D eigenvalue weighted by molar-refractivity contribution is -0.134. The molecule has 1 aromatic carbocycles. The number of halogens is 2. The van der Waals surface area contributed by atoms with Gasteiger partial charge in [0.2, 0.25) is 11.1 Å². The Labute approximate surface area is 175 Å². The molecule has 1 aliphatic rings. The van der Waals surface area contributed by atoms with E-state index in [2.05, 4.69) is 9.97 Å². The smallest absolute Gasteiger partial charge is 0.333 e. The van der Waals surface area contributed by atoms with Gasteiger partial charge in [0, 0.05) is 14.1 Å². The Hall–Kier alpha value is -3.53. The molecule has 0 aliphatic carbocycles. The second-order valence-corrected chi connectivity index (χ2v) is 6.44. The fourth-order valence-electron chi connectivity index (χ4n) is 2.62. The van der Waals surface area contributed by atoms with Crippen molar-refractivity contribution in [3.8, 4) is 17.4 Å². The standard InChI is InChI=1S/C19H16ClFN4O5/c1-4-29-14-8-10(7-11-16(26)24(2)19(28)25(3)17(11)27)5-6-13(14)30-15-12(21)9-22-18(20)23-15/h5-9H,4H2,1-3H3. The molecule has 1 aromatic heterocycles. The first-order valence-corrected chi connectivity index (χ1v) is 9.05. The van der Waals surface area contributed by atoms with Crippen LogP contribution in [0.4, 0.5) is 9.18 Å². The highest BCUT2D eigenvalue weighted by Crippen LogP contribution is 2.34. The summed E-state index contributed by atoms with van der Waals surface area (Å²) in [4.78, 5) is 45.4. The molecule has 4 amide bonds. The summed E-state index contributed by atoms with van der Waals surface area (Å²) in [6, 6.07) is 3.78. The van der Waals surface area contributed by atoms with Crippen molar-refractivity contribution in [1.82, 2.24) is 19.8 Å². The van der Waals surface area contributed by atoms with Gasteiger partial charge in [-0.2, -0.15) is 9.37 Å². The molecule has 1 saturated heterocycles. The molecule has 0 saturated carbocycles. The third-order valence-electron chi connectivity index (χ3n) is 4.11. The number of rotatable bonds is 5. The number of carbonyl (C=O) groups excluding carboxylic acids is 3. The Bertz CT molecular complexity index is 1050. The quantitative estimate of drug-likeness (QED) is 0.405. The highest BCUT2D eigenvalue weighted by Gasteiger charge is 2.37. The van der Waals surface area contributed by atoms with E-state index in [4.69, 9.17) is 21.1 Å². The van der Waals surface area contributed by atoms with Gasteiger partial charge in [-0.1, -0.05) is 6.07 Å². The number of aromatic nitrogens is 2. The summed E-state index contributed by atoms with van der Waals surface area (Å²) in [5.41, 5.74) is 0.240. The normalized spacial score (nSPS) is 14.3. The Kier molecular flexibility index (Phi) is 5.97. The second kappa shape index (κ2) is 8.46. The van der Waals surface area contributed by atoms with E-state index < -0.39 is 23.7 Å². The van der Waals surface area contributed by atoms with Crippen LogP contribution in [-0.4, -0.2) is 58.3 Å². The summed E-state index contributed by atoms with van der Waals surface area (Å²) in [5, 5.41) is -0.192. The zero-order valence-electron chi connectivity index (χ0n) is 16.2. The summed E-state index contributed by atoms with van der Waals surface area (Å²) in [6.07, 6.45) is 2.21. The van der Waals surface area contributed by atoms with Crippen LogP contribution in [0.3, 0.4) is 0 Å². The van der Waals surface area contributed by atoms with Crippen molar-refractivity contribution in [3.63, 3.8) is 0 Å². The molecule has 0 N–H and O–H groups in total. The monoisotopic (exact) mass is 434 g/mol. The van der Waals surface area contributed by atoms with Crippen LogP contribution in [0.15, 0.2) is 30.0 Å². The number of nitrogens with zero attached hydrogens (tertiary/aromatic N) is 4. The van der Waals surface area contributed by atoms with Gasteiger partial charge in [-0.25, -0.2) is 9.78 Å². The summed E-state index contributed by atoms with van der Waals surface area (Å²) >= 11 is 5.68. The van der Waals surface area contributed by atoms with Gasteiger partial charge in [0.15, 0.2) is 11.5 Å². The minimum absolute atomic E-state index is 0.137. The Balaban J connectivity index is 1.98. The lowest BCUT2D eigenvalue weighted by Crippen LogP contribution is -2.52. The molecular formula is C19H16ClFN4O5. The number of benzene rings is 1. The van der Waals surface area contributed by atoms with Crippen molar-refractivity contribution in [2.75, 3.05) is 20.7 Å². The van der Waals surface area contributed by atoms with Crippen molar-refractivity contribution >= 4 is 35.5 Å². The summed E-state index contributed by atoms with van der Waals surface area (Å²) in [5.74, 6) is -2.30. The van der Waals surface area contributed by atoms with Crippen LogP contribution in [0.2, 0.25) is 5.28 Å². The van der Waals surface area contributed by atoms with E-state index >= 15 is 0 Å². The lowest BCUT2D eigenvalue weighted by atomic mass is 10.1. The Morgan fingerprint density at radius 1 is 1.13 bits per heavy atom. The zero-order chi connectivity index (χ0) is 22.0. The maximum atomic E-state index is 13.9. The number of likely N-dealkylation sites (N-methyl/N-ethyl adjacent to an activating group) is 2. The number of barbiturate groups is 1. The average molecular weight is 435 g/mol. The number of ether oxygens (including phenoxy) is 2. The summed E-state index contributed by atoms with van der Waals surface area (Å²) in [7, 11) is 2.57. The predicted molar refractivity (Wildman–Crippen MR) is 104 cm³/mol. The highest BCUT2D eigenvalue weighted by atomic mass is 35.5. The molecule has 1 fully saturated rings. The van der Waals surface area contributed by atoms with Gasteiger partial charge in [-0.3, -0.25) is 19.4 Å². The first-order chi connectivity index (χ1) is 14.2. The lowest BCUT2D eigenvalue weighted by Gasteiger charge is -2.28. The number of imide groups is 2. The topological polar surface area (TPSA) is 102 Å². The first kappa shape index (κ1) is 21.2. The molecule has 2 aromatic rings. The molecule has 3 rings (SSSR count). The van der Waals surface area contributed by atoms with Crippen LogP contribution in [0.1, 0.15) is 12.5 Å². The number of hydrogen-bond donors (Lipinski definition) is 0. The molecule has 11 heteroatoms. The molecular weight excluding hydrogens is 419 g/mol. The molecule has 0 bridgehead atoms. The van der Waals surface area contributed by atoms with Crippen molar-refractivity contribution in [3.05, 3.63) is 46.6 Å². The maximum absolute atomic E-state index is 13.9. The third-order valence-corrected chi connectivity index (χ3v) is 4.29. The fraction of sp³-hybridized carbons (Fsp3) is 0.211. The molecule has 0 radical (unpaired) electrons. The molecule has 30 heavy (non-hydrogen) atoms. The van der Waals surface area contributed by atoms with Crippen LogP contribution in [0.25, 0.3) is 6.08 Å². The number of urea groups is 1. The summed E-state index contributed by atoms with van der Waals surface area (Å²) in [6.45, 7) is 2.00. The number of carbonyl (C=O) groups is 3. The van der Waals surface area contributed by atoms with Crippen molar-refractivity contribution < 1.29 is 28.2 Å². The van der Waals surface area contributed by atoms with E-state index in [0.29, 0.717) is 5.56 Å². The van der Waals surface area contributed by atoms with Gasteiger partial charge in [0.25, 0.3) is 17.7 Å². The van der Waals surface area contributed by atoms with Crippen LogP contribution in [0, 0.1) is 5.82 Å². The molecule has 9 nitrogen and oxygen atoms in total. The van der Waals surface area contributed by atoms with Gasteiger partial charge >= 0.3 is 6.03 Å². The zero-order valence-corrected chi connectivity index (χ0v) is 16.9.